The van der Waals surface area contributed by atoms with Crippen molar-refractivity contribution >= 4 is 21.8 Å². The standard InChI is InChI=1S/C15H20BrNO/c1-12-5-7-14(16)11-13(12)6-8-15(18)17-9-3-2-4-10-17/h5,7,11H,2-4,6,8-10H2,1H3. The minimum Gasteiger partial charge on any atom is -0.343 e. The van der Waals surface area contributed by atoms with E-state index in [1.165, 1.54) is 30.4 Å². The van der Waals surface area contributed by atoms with Crippen molar-refractivity contribution in [1.29, 1.82) is 0 Å². The third kappa shape index (κ3) is 3.58. The molecule has 18 heavy (non-hydrogen) atoms. The van der Waals surface area contributed by atoms with Crippen LogP contribution >= 0.6 is 15.9 Å². The Balaban J connectivity index is 1.90. The maximum atomic E-state index is 12.1. The number of carbonyl (C=O) groups is 1. The van der Waals surface area contributed by atoms with E-state index >= 15 is 0 Å². The number of carbonyl (C=O) groups excluding carboxylic acids is 1. The van der Waals surface area contributed by atoms with Crippen molar-refractivity contribution in [2.45, 2.75) is 39.0 Å². The number of likely N-dealkylation sites (tertiary alicyclic amines) is 1. The van der Waals surface area contributed by atoms with Gasteiger partial charge in [-0.05, 0) is 55.9 Å². The predicted molar refractivity (Wildman–Crippen MR) is 77.6 cm³/mol. The normalized spacial score (nSPS) is 15.8. The molecule has 1 aliphatic heterocycles. The lowest BCUT2D eigenvalue weighted by molar-refractivity contribution is -0.132. The number of nitrogens with zero attached hydrogens (tertiary/aromatic N) is 1. The highest BCUT2D eigenvalue weighted by Gasteiger charge is 2.16. The van der Waals surface area contributed by atoms with Gasteiger partial charge in [0.1, 0.15) is 0 Å². The summed E-state index contributed by atoms with van der Waals surface area (Å²) in [5.41, 5.74) is 2.54. The molecule has 0 N–H and O–H groups in total. The molecule has 0 aromatic heterocycles. The molecule has 1 aromatic carbocycles. The van der Waals surface area contributed by atoms with Crippen molar-refractivity contribution in [3.05, 3.63) is 33.8 Å². The van der Waals surface area contributed by atoms with Gasteiger partial charge in [0.2, 0.25) is 5.91 Å². The van der Waals surface area contributed by atoms with Gasteiger partial charge in [0.25, 0.3) is 0 Å². The Morgan fingerprint density at radius 2 is 2.00 bits per heavy atom. The average molecular weight is 310 g/mol. The average Bonchev–Trinajstić information content (AvgIpc) is 2.40. The molecular weight excluding hydrogens is 290 g/mol. The van der Waals surface area contributed by atoms with Crippen LogP contribution in [-0.4, -0.2) is 23.9 Å². The maximum absolute atomic E-state index is 12.1. The summed E-state index contributed by atoms with van der Waals surface area (Å²) in [5.74, 6) is 0.314. The van der Waals surface area contributed by atoms with Crippen LogP contribution in [0.2, 0.25) is 0 Å². The fourth-order valence-corrected chi connectivity index (χ4v) is 2.86. The van der Waals surface area contributed by atoms with Gasteiger partial charge in [-0.2, -0.15) is 0 Å². The van der Waals surface area contributed by atoms with Crippen molar-refractivity contribution in [2.24, 2.45) is 0 Å². The molecule has 2 rings (SSSR count). The molecule has 1 aliphatic rings. The van der Waals surface area contributed by atoms with E-state index in [2.05, 4.69) is 35.0 Å². The van der Waals surface area contributed by atoms with E-state index in [-0.39, 0.29) is 0 Å². The lowest BCUT2D eigenvalue weighted by atomic mass is 10.0. The van der Waals surface area contributed by atoms with E-state index < -0.39 is 0 Å². The van der Waals surface area contributed by atoms with Gasteiger partial charge in [0.05, 0.1) is 0 Å². The zero-order valence-corrected chi connectivity index (χ0v) is 12.5. The quantitative estimate of drug-likeness (QED) is 0.833. The topological polar surface area (TPSA) is 20.3 Å². The van der Waals surface area contributed by atoms with Crippen molar-refractivity contribution in [3.63, 3.8) is 0 Å². The van der Waals surface area contributed by atoms with Crippen LogP contribution in [0.15, 0.2) is 22.7 Å². The second kappa shape index (κ2) is 6.37. The fourth-order valence-electron chi connectivity index (χ4n) is 2.45. The van der Waals surface area contributed by atoms with E-state index in [0.717, 1.165) is 24.0 Å². The van der Waals surface area contributed by atoms with E-state index in [9.17, 15) is 4.79 Å². The Hall–Kier alpha value is -0.830. The van der Waals surface area contributed by atoms with Gasteiger partial charge in [-0.1, -0.05) is 22.0 Å². The fraction of sp³-hybridized carbons (Fsp3) is 0.533. The first-order valence-electron chi connectivity index (χ1n) is 6.69. The summed E-state index contributed by atoms with van der Waals surface area (Å²) in [4.78, 5) is 14.1. The lowest BCUT2D eigenvalue weighted by Crippen LogP contribution is -2.35. The first-order chi connectivity index (χ1) is 8.66. The zero-order chi connectivity index (χ0) is 13.0. The molecule has 0 saturated carbocycles. The number of aryl methyl sites for hydroxylation is 2. The monoisotopic (exact) mass is 309 g/mol. The number of hydrogen-bond acceptors (Lipinski definition) is 1. The molecule has 0 aliphatic carbocycles. The summed E-state index contributed by atoms with van der Waals surface area (Å²) in [6.45, 7) is 4.01. The molecule has 1 fully saturated rings. The first kappa shape index (κ1) is 13.6. The summed E-state index contributed by atoms with van der Waals surface area (Å²) < 4.78 is 1.09. The molecular formula is C15H20BrNO. The second-order valence-corrected chi connectivity index (χ2v) is 5.93. The largest absolute Gasteiger partial charge is 0.343 e. The van der Waals surface area contributed by atoms with Crippen LogP contribution in [-0.2, 0) is 11.2 Å². The van der Waals surface area contributed by atoms with Crippen LogP contribution in [0.1, 0.15) is 36.8 Å². The molecule has 1 amide bonds. The molecule has 1 aromatic rings. The minimum atomic E-state index is 0.314. The Bertz CT molecular complexity index is 425. The van der Waals surface area contributed by atoms with Crippen molar-refractivity contribution in [1.82, 2.24) is 4.90 Å². The number of benzene rings is 1. The van der Waals surface area contributed by atoms with Crippen molar-refractivity contribution in [2.75, 3.05) is 13.1 Å². The minimum absolute atomic E-state index is 0.314. The van der Waals surface area contributed by atoms with Gasteiger partial charge in [-0.15, -0.1) is 0 Å². The molecule has 0 unspecified atom stereocenters. The summed E-state index contributed by atoms with van der Waals surface area (Å²) in [6.07, 6.45) is 5.09. The number of rotatable bonds is 3. The highest BCUT2D eigenvalue weighted by atomic mass is 79.9. The SMILES string of the molecule is Cc1ccc(Br)cc1CCC(=O)N1CCCCC1. The van der Waals surface area contributed by atoms with Crippen LogP contribution in [0.3, 0.4) is 0 Å². The van der Waals surface area contributed by atoms with Crippen LogP contribution in [0, 0.1) is 6.92 Å². The van der Waals surface area contributed by atoms with E-state index in [4.69, 9.17) is 0 Å². The van der Waals surface area contributed by atoms with E-state index in [1.54, 1.807) is 0 Å². The van der Waals surface area contributed by atoms with Crippen molar-refractivity contribution in [3.8, 4) is 0 Å². The first-order valence-corrected chi connectivity index (χ1v) is 7.49. The summed E-state index contributed by atoms with van der Waals surface area (Å²) in [6, 6.07) is 6.27. The number of halogens is 1. The molecule has 0 radical (unpaired) electrons. The Kier molecular flexibility index (Phi) is 4.81. The highest BCUT2D eigenvalue weighted by Crippen LogP contribution is 2.18. The lowest BCUT2D eigenvalue weighted by Gasteiger charge is -2.26. The third-order valence-electron chi connectivity index (χ3n) is 3.63. The van der Waals surface area contributed by atoms with Crippen LogP contribution in [0.4, 0.5) is 0 Å². The molecule has 3 heteroatoms. The third-order valence-corrected chi connectivity index (χ3v) is 4.12. The summed E-state index contributed by atoms with van der Waals surface area (Å²) >= 11 is 3.48. The smallest absolute Gasteiger partial charge is 0.222 e. The molecule has 2 nitrogen and oxygen atoms in total. The van der Waals surface area contributed by atoms with Crippen LogP contribution in [0.5, 0.6) is 0 Å². The predicted octanol–water partition coefficient (Wildman–Crippen LogP) is 3.70. The summed E-state index contributed by atoms with van der Waals surface area (Å²) in [7, 11) is 0. The Morgan fingerprint density at radius 3 is 2.72 bits per heavy atom. The van der Waals surface area contributed by atoms with E-state index in [1.807, 2.05) is 11.0 Å². The number of piperidine rings is 1. The van der Waals surface area contributed by atoms with Gasteiger partial charge >= 0.3 is 0 Å². The molecule has 0 atom stereocenters. The second-order valence-electron chi connectivity index (χ2n) is 5.01. The number of hydrogen-bond donors (Lipinski definition) is 0. The Labute approximate surface area is 117 Å². The summed E-state index contributed by atoms with van der Waals surface area (Å²) in [5, 5.41) is 0. The molecule has 0 spiro atoms. The van der Waals surface area contributed by atoms with Crippen LogP contribution < -0.4 is 0 Å². The van der Waals surface area contributed by atoms with Gasteiger partial charge in [-0.3, -0.25) is 4.79 Å². The molecule has 1 heterocycles. The molecule has 0 bridgehead atoms. The van der Waals surface area contributed by atoms with Gasteiger partial charge in [0.15, 0.2) is 0 Å². The Morgan fingerprint density at radius 1 is 1.28 bits per heavy atom. The van der Waals surface area contributed by atoms with Crippen LogP contribution in [0.25, 0.3) is 0 Å². The van der Waals surface area contributed by atoms with Gasteiger partial charge < -0.3 is 4.90 Å². The van der Waals surface area contributed by atoms with Crippen molar-refractivity contribution < 1.29 is 4.79 Å². The van der Waals surface area contributed by atoms with E-state index in [0.29, 0.717) is 12.3 Å². The number of amides is 1. The molecule has 1 saturated heterocycles. The zero-order valence-electron chi connectivity index (χ0n) is 10.9. The van der Waals surface area contributed by atoms with Gasteiger partial charge in [0, 0.05) is 24.0 Å². The maximum Gasteiger partial charge on any atom is 0.222 e. The van der Waals surface area contributed by atoms with Gasteiger partial charge in [-0.25, -0.2) is 0 Å². The molecule has 98 valence electrons. The highest BCUT2D eigenvalue weighted by molar-refractivity contribution is 9.10.